The van der Waals surface area contributed by atoms with E-state index >= 15 is 0 Å². The molecular weight excluding hydrogens is 319 g/mol. The van der Waals surface area contributed by atoms with Crippen LogP contribution in [0.15, 0.2) is 22.7 Å². The number of rotatable bonds is 6. The van der Waals surface area contributed by atoms with Gasteiger partial charge >= 0.3 is 0 Å². The zero-order valence-electron chi connectivity index (χ0n) is 10.1. The Morgan fingerprint density at radius 2 is 2.33 bits per heavy atom. The van der Waals surface area contributed by atoms with Crippen molar-refractivity contribution in [3.63, 3.8) is 0 Å². The van der Waals surface area contributed by atoms with E-state index in [-0.39, 0.29) is 11.7 Å². The van der Waals surface area contributed by atoms with E-state index in [1.165, 1.54) is 12.1 Å². The van der Waals surface area contributed by atoms with Crippen LogP contribution in [-0.4, -0.2) is 24.0 Å². The van der Waals surface area contributed by atoms with Crippen LogP contribution in [0.3, 0.4) is 0 Å². The van der Waals surface area contributed by atoms with Crippen molar-refractivity contribution in [2.75, 3.05) is 12.0 Å². The minimum atomic E-state index is -0.489. The summed E-state index contributed by atoms with van der Waals surface area (Å²) in [6, 6.07) is 3.87. The number of amides is 1. The van der Waals surface area contributed by atoms with Gasteiger partial charge in [0.1, 0.15) is 5.82 Å². The van der Waals surface area contributed by atoms with Crippen LogP contribution in [0.25, 0.3) is 0 Å². The summed E-state index contributed by atoms with van der Waals surface area (Å²) >= 11 is 4.91. The molecule has 0 bridgehead atoms. The fraction of sp³-hybridized carbons (Fsp3) is 0.417. The Bertz CT molecular complexity index is 417. The lowest BCUT2D eigenvalue weighted by Crippen LogP contribution is -2.40. The third-order valence-electron chi connectivity index (χ3n) is 2.44. The average Bonchev–Trinajstić information content (AvgIpc) is 2.34. The highest BCUT2D eigenvalue weighted by atomic mass is 79.9. The molecule has 0 saturated heterocycles. The molecule has 1 atom stereocenters. The van der Waals surface area contributed by atoms with E-state index in [9.17, 15) is 9.18 Å². The lowest BCUT2D eigenvalue weighted by Gasteiger charge is -2.12. The minimum absolute atomic E-state index is 0.180. The van der Waals surface area contributed by atoms with Gasteiger partial charge in [-0.1, -0.05) is 22.0 Å². The Morgan fingerprint density at radius 3 is 2.94 bits per heavy atom. The largest absolute Gasteiger partial charge is 0.351 e. The summed E-state index contributed by atoms with van der Waals surface area (Å²) in [7, 11) is 0. The fourth-order valence-corrected chi connectivity index (χ4v) is 2.34. The molecule has 1 rings (SSSR count). The summed E-state index contributed by atoms with van der Waals surface area (Å²) in [6.07, 6.45) is 2.62. The van der Waals surface area contributed by atoms with Crippen LogP contribution in [0.1, 0.15) is 12.0 Å². The van der Waals surface area contributed by atoms with Crippen molar-refractivity contribution >= 4 is 33.6 Å². The number of nitrogens with one attached hydrogen (secondary N) is 1. The monoisotopic (exact) mass is 334 g/mol. The van der Waals surface area contributed by atoms with Crippen molar-refractivity contribution in [3.8, 4) is 0 Å². The molecular formula is C12H16BrFN2OS. The first kappa shape index (κ1) is 15.5. The molecule has 0 aromatic heterocycles. The summed E-state index contributed by atoms with van der Waals surface area (Å²) in [6.45, 7) is 0.340. The number of carbonyl (C=O) groups excluding carboxylic acids is 1. The third kappa shape index (κ3) is 4.96. The predicted octanol–water partition coefficient (Wildman–Crippen LogP) is 2.28. The topological polar surface area (TPSA) is 55.1 Å². The molecule has 0 heterocycles. The van der Waals surface area contributed by atoms with Crippen LogP contribution in [0, 0.1) is 5.82 Å². The zero-order valence-corrected chi connectivity index (χ0v) is 12.5. The molecule has 0 fully saturated rings. The van der Waals surface area contributed by atoms with Crippen LogP contribution in [-0.2, 0) is 11.3 Å². The normalized spacial score (nSPS) is 12.2. The maximum absolute atomic E-state index is 12.9. The van der Waals surface area contributed by atoms with Gasteiger partial charge in [-0.2, -0.15) is 11.8 Å². The van der Waals surface area contributed by atoms with Gasteiger partial charge in [-0.15, -0.1) is 0 Å². The second-order valence-electron chi connectivity index (χ2n) is 3.84. The number of hydrogen-bond donors (Lipinski definition) is 2. The van der Waals surface area contributed by atoms with Crippen LogP contribution in [0.2, 0.25) is 0 Å². The summed E-state index contributed by atoms with van der Waals surface area (Å²) < 4.78 is 13.5. The summed E-state index contributed by atoms with van der Waals surface area (Å²) in [5, 5.41) is 2.74. The molecule has 1 amide bonds. The summed E-state index contributed by atoms with van der Waals surface area (Å²) in [4.78, 5) is 11.7. The highest BCUT2D eigenvalue weighted by molar-refractivity contribution is 9.10. The third-order valence-corrected chi connectivity index (χ3v) is 3.82. The van der Waals surface area contributed by atoms with Crippen molar-refractivity contribution in [1.29, 1.82) is 0 Å². The molecule has 18 heavy (non-hydrogen) atoms. The molecule has 0 aliphatic rings. The molecule has 1 aromatic rings. The van der Waals surface area contributed by atoms with Crippen molar-refractivity contribution < 1.29 is 9.18 Å². The molecule has 0 aliphatic heterocycles. The maximum atomic E-state index is 12.9. The molecule has 6 heteroatoms. The van der Waals surface area contributed by atoms with Gasteiger partial charge < -0.3 is 11.1 Å². The van der Waals surface area contributed by atoms with E-state index in [4.69, 9.17) is 5.73 Å². The smallest absolute Gasteiger partial charge is 0.237 e. The van der Waals surface area contributed by atoms with Gasteiger partial charge in [0, 0.05) is 11.0 Å². The molecule has 0 radical (unpaired) electrons. The van der Waals surface area contributed by atoms with Gasteiger partial charge in [-0.25, -0.2) is 4.39 Å². The number of thioether (sulfide) groups is 1. The van der Waals surface area contributed by atoms with Crippen molar-refractivity contribution in [2.24, 2.45) is 5.73 Å². The maximum Gasteiger partial charge on any atom is 0.237 e. The van der Waals surface area contributed by atoms with Crippen molar-refractivity contribution in [2.45, 2.75) is 19.0 Å². The molecule has 0 spiro atoms. The Kier molecular flexibility index (Phi) is 6.67. The van der Waals surface area contributed by atoms with E-state index in [2.05, 4.69) is 21.2 Å². The van der Waals surface area contributed by atoms with Gasteiger partial charge in [-0.3, -0.25) is 4.79 Å². The van der Waals surface area contributed by atoms with Crippen molar-refractivity contribution in [1.82, 2.24) is 5.32 Å². The number of halogens is 2. The summed E-state index contributed by atoms with van der Waals surface area (Å²) in [5.41, 5.74) is 6.55. The van der Waals surface area contributed by atoms with Crippen LogP contribution >= 0.6 is 27.7 Å². The molecule has 0 unspecified atom stereocenters. The Morgan fingerprint density at radius 1 is 1.61 bits per heavy atom. The predicted molar refractivity (Wildman–Crippen MR) is 76.9 cm³/mol. The SMILES string of the molecule is CSCC[C@H](N)C(=O)NCc1ccc(F)cc1Br. The Hall–Kier alpha value is -0.590. The molecule has 1 aromatic carbocycles. The van der Waals surface area contributed by atoms with Gasteiger partial charge in [0.25, 0.3) is 0 Å². The van der Waals surface area contributed by atoms with Gasteiger partial charge in [0.15, 0.2) is 0 Å². The van der Waals surface area contributed by atoms with Crippen LogP contribution in [0.4, 0.5) is 4.39 Å². The lowest BCUT2D eigenvalue weighted by atomic mass is 10.2. The number of nitrogens with two attached hydrogens (primary N) is 1. The van der Waals surface area contributed by atoms with E-state index < -0.39 is 6.04 Å². The average molecular weight is 335 g/mol. The molecule has 100 valence electrons. The van der Waals surface area contributed by atoms with E-state index in [0.29, 0.717) is 17.4 Å². The highest BCUT2D eigenvalue weighted by Crippen LogP contribution is 2.17. The van der Waals surface area contributed by atoms with Crippen LogP contribution in [0.5, 0.6) is 0 Å². The Balaban J connectivity index is 2.47. The second kappa shape index (κ2) is 7.76. The van der Waals surface area contributed by atoms with E-state index in [1.807, 2.05) is 6.26 Å². The van der Waals surface area contributed by atoms with Gasteiger partial charge in [0.2, 0.25) is 5.91 Å². The molecule has 3 N–H and O–H groups in total. The lowest BCUT2D eigenvalue weighted by molar-refractivity contribution is -0.122. The first-order valence-corrected chi connectivity index (χ1v) is 7.69. The fourth-order valence-electron chi connectivity index (χ4n) is 1.35. The van der Waals surface area contributed by atoms with Gasteiger partial charge in [-0.05, 0) is 36.1 Å². The second-order valence-corrected chi connectivity index (χ2v) is 5.68. The quantitative estimate of drug-likeness (QED) is 0.839. The minimum Gasteiger partial charge on any atom is -0.351 e. The van der Waals surface area contributed by atoms with Crippen LogP contribution < -0.4 is 11.1 Å². The molecule has 0 aliphatic carbocycles. The zero-order chi connectivity index (χ0) is 13.5. The molecule has 3 nitrogen and oxygen atoms in total. The molecule has 0 saturated carbocycles. The number of carbonyl (C=O) groups is 1. The van der Waals surface area contributed by atoms with E-state index in [1.54, 1.807) is 17.8 Å². The number of benzene rings is 1. The van der Waals surface area contributed by atoms with Gasteiger partial charge in [0.05, 0.1) is 6.04 Å². The first-order chi connectivity index (χ1) is 8.54. The number of hydrogen-bond acceptors (Lipinski definition) is 3. The van der Waals surface area contributed by atoms with Crippen molar-refractivity contribution in [3.05, 3.63) is 34.1 Å². The Labute approximate surface area is 119 Å². The first-order valence-electron chi connectivity index (χ1n) is 5.50. The summed E-state index contributed by atoms with van der Waals surface area (Å²) in [5.74, 6) is 0.364. The highest BCUT2D eigenvalue weighted by Gasteiger charge is 2.12. The standard InChI is InChI=1S/C12H16BrFN2OS/c1-18-5-4-11(15)12(17)16-7-8-2-3-9(14)6-10(8)13/h2-3,6,11H,4-5,7,15H2,1H3,(H,16,17)/t11-/m0/s1. The van der Waals surface area contributed by atoms with E-state index in [0.717, 1.165) is 11.3 Å².